The molecule has 19 heavy (non-hydrogen) atoms. The van der Waals surface area contributed by atoms with Crippen molar-refractivity contribution in [3.8, 4) is 0 Å². The highest BCUT2D eigenvalue weighted by molar-refractivity contribution is 7.11. The Hall–Kier alpha value is -1.27. The molecule has 0 unspecified atom stereocenters. The average Bonchev–Trinajstić information content (AvgIpc) is 2.93. The van der Waals surface area contributed by atoms with Crippen LogP contribution in [0, 0.1) is 0 Å². The Morgan fingerprint density at radius 1 is 1.32 bits per heavy atom. The molecule has 0 radical (unpaired) electrons. The fourth-order valence-corrected chi connectivity index (χ4v) is 2.59. The van der Waals surface area contributed by atoms with Crippen LogP contribution >= 0.6 is 11.3 Å². The Morgan fingerprint density at radius 3 is 2.68 bits per heavy atom. The lowest BCUT2D eigenvalue weighted by atomic mass is 9.98. The lowest BCUT2D eigenvalue weighted by Gasteiger charge is -2.13. The molecular formula is C13H21N5S. The third kappa shape index (κ3) is 4.11. The van der Waals surface area contributed by atoms with Gasteiger partial charge in [-0.05, 0) is 0 Å². The Kier molecular flexibility index (Phi) is 4.31. The SMILES string of the molecule is Cn1cnc(CCNCc2cnc(C(C)(C)C)s2)n1. The highest BCUT2D eigenvalue weighted by Crippen LogP contribution is 2.26. The number of nitrogens with zero attached hydrogens (tertiary/aromatic N) is 4. The van der Waals surface area contributed by atoms with Crippen molar-refractivity contribution in [2.24, 2.45) is 7.05 Å². The topological polar surface area (TPSA) is 55.6 Å². The summed E-state index contributed by atoms with van der Waals surface area (Å²) in [6.07, 6.45) is 4.55. The highest BCUT2D eigenvalue weighted by Gasteiger charge is 2.17. The number of nitrogens with one attached hydrogen (secondary N) is 1. The first-order valence-electron chi connectivity index (χ1n) is 6.45. The van der Waals surface area contributed by atoms with Crippen molar-refractivity contribution in [1.82, 2.24) is 25.1 Å². The van der Waals surface area contributed by atoms with E-state index in [4.69, 9.17) is 0 Å². The number of hydrogen-bond donors (Lipinski definition) is 1. The molecule has 0 saturated carbocycles. The van der Waals surface area contributed by atoms with E-state index in [0.29, 0.717) is 0 Å². The minimum atomic E-state index is 0.140. The molecule has 0 aromatic carbocycles. The molecule has 2 heterocycles. The summed E-state index contributed by atoms with van der Waals surface area (Å²) in [5.74, 6) is 0.884. The van der Waals surface area contributed by atoms with E-state index in [1.807, 2.05) is 13.2 Å². The van der Waals surface area contributed by atoms with Gasteiger partial charge in [0.05, 0.1) is 5.01 Å². The summed E-state index contributed by atoms with van der Waals surface area (Å²) in [7, 11) is 1.88. The molecule has 104 valence electrons. The summed E-state index contributed by atoms with van der Waals surface area (Å²) in [6, 6.07) is 0. The molecule has 0 bridgehead atoms. The molecule has 2 aromatic heterocycles. The van der Waals surface area contributed by atoms with Gasteiger partial charge in [0, 0.05) is 43.0 Å². The summed E-state index contributed by atoms with van der Waals surface area (Å²) in [4.78, 5) is 9.95. The number of rotatable bonds is 5. The number of aromatic nitrogens is 4. The summed E-state index contributed by atoms with van der Waals surface area (Å²) in [5, 5.41) is 8.84. The molecule has 0 saturated heterocycles. The average molecular weight is 279 g/mol. The van der Waals surface area contributed by atoms with Gasteiger partial charge in [-0.15, -0.1) is 11.3 Å². The van der Waals surface area contributed by atoms with Crippen LogP contribution in [-0.2, 0) is 25.4 Å². The summed E-state index contributed by atoms with van der Waals surface area (Å²) in [6.45, 7) is 8.31. The monoisotopic (exact) mass is 279 g/mol. The molecule has 0 amide bonds. The zero-order chi connectivity index (χ0) is 13.9. The Morgan fingerprint density at radius 2 is 2.11 bits per heavy atom. The second kappa shape index (κ2) is 5.79. The zero-order valence-electron chi connectivity index (χ0n) is 12.0. The van der Waals surface area contributed by atoms with E-state index in [1.165, 1.54) is 9.88 Å². The Bertz CT molecular complexity index is 523. The van der Waals surface area contributed by atoms with Gasteiger partial charge in [0.2, 0.25) is 0 Å². The van der Waals surface area contributed by atoms with Crippen molar-refractivity contribution in [3.63, 3.8) is 0 Å². The second-order valence-corrected chi connectivity index (χ2v) is 6.76. The van der Waals surface area contributed by atoms with E-state index in [0.717, 1.165) is 25.3 Å². The van der Waals surface area contributed by atoms with Gasteiger partial charge in [0.1, 0.15) is 6.33 Å². The molecule has 0 aliphatic heterocycles. The molecule has 0 aliphatic carbocycles. The number of thiazole rings is 1. The molecule has 5 nitrogen and oxygen atoms in total. The van der Waals surface area contributed by atoms with Crippen LogP contribution in [0.4, 0.5) is 0 Å². The largest absolute Gasteiger partial charge is 0.311 e. The smallest absolute Gasteiger partial charge is 0.151 e. The van der Waals surface area contributed by atoms with Crippen molar-refractivity contribution >= 4 is 11.3 Å². The third-order valence-electron chi connectivity index (χ3n) is 2.67. The quantitative estimate of drug-likeness (QED) is 0.849. The lowest BCUT2D eigenvalue weighted by Crippen LogP contribution is -2.16. The van der Waals surface area contributed by atoms with Crippen molar-refractivity contribution in [2.75, 3.05) is 6.54 Å². The molecule has 1 N–H and O–H groups in total. The molecule has 2 aromatic rings. The predicted molar refractivity (Wildman–Crippen MR) is 77.2 cm³/mol. The van der Waals surface area contributed by atoms with E-state index >= 15 is 0 Å². The highest BCUT2D eigenvalue weighted by atomic mass is 32.1. The molecule has 0 spiro atoms. The molecule has 2 rings (SSSR count). The predicted octanol–water partition coefficient (Wildman–Crippen LogP) is 1.90. The van der Waals surface area contributed by atoms with E-state index < -0.39 is 0 Å². The summed E-state index contributed by atoms with van der Waals surface area (Å²) < 4.78 is 1.73. The standard InChI is InChI=1S/C13H21N5S/c1-13(2,3)12-15-8-10(19-12)7-14-6-5-11-16-9-18(4)17-11/h8-9,14H,5-7H2,1-4H3. The normalized spacial score (nSPS) is 12.0. The van der Waals surface area contributed by atoms with Crippen LogP contribution < -0.4 is 5.32 Å². The van der Waals surface area contributed by atoms with Gasteiger partial charge in [-0.3, -0.25) is 4.68 Å². The fourth-order valence-electron chi connectivity index (χ4n) is 1.65. The second-order valence-electron chi connectivity index (χ2n) is 5.64. The molecular weight excluding hydrogens is 258 g/mol. The molecule has 6 heteroatoms. The minimum absolute atomic E-state index is 0.140. The third-order valence-corrected chi connectivity index (χ3v) is 4.09. The zero-order valence-corrected chi connectivity index (χ0v) is 12.8. The van der Waals surface area contributed by atoms with E-state index in [1.54, 1.807) is 22.3 Å². The van der Waals surface area contributed by atoms with Gasteiger partial charge >= 0.3 is 0 Å². The van der Waals surface area contributed by atoms with Gasteiger partial charge in [0.15, 0.2) is 5.82 Å². The maximum atomic E-state index is 4.48. The fraction of sp³-hybridized carbons (Fsp3) is 0.615. The van der Waals surface area contributed by atoms with E-state index in [2.05, 4.69) is 41.2 Å². The van der Waals surface area contributed by atoms with Gasteiger partial charge < -0.3 is 5.32 Å². The van der Waals surface area contributed by atoms with Crippen LogP contribution in [0.25, 0.3) is 0 Å². The van der Waals surface area contributed by atoms with E-state index in [-0.39, 0.29) is 5.41 Å². The number of hydrogen-bond acceptors (Lipinski definition) is 5. The lowest BCUT2D eigenvalue weighted by molar-refractivity contribution is 0.585. The van der Waals surface area contributed by atoms with Gasteiger partial charge in [-0.25, -0.2) is 9.97 Å². The Labute approximate surface area is 118 Å². The summed E-state index contributed by atoms with van der Waals surface area (Å²) in [5.41, 5.74) is 0.140. The number of aryl methyl sites for hydroxylation is 1. The van der Waals surface area contributed by atoms with Gasteiger partial charge in [-0.1, -0.05) is 20.8 Å². The van der Waals surface area contributed by atoms with Crippen LogP contribution in [0.5, 0.6) is 0 Å². The first-order valence-corrected chi connectivity index (χ1v) is 7.27. The molecule has 0 aliphatic rings. The summed E-state index contributed by atoms with van der Waals surface area (Å²) >= 11 is 1.78. The van der Waals surface area contributed by atoms with Crippen LogP contribution in [0.3, 0.4) is 0 Å². The first-order chi connectivity index (χ1) is 8.95. The van der Waals surface area contributed by atoms with Crippen LogP contribution in [0.1, 0.15) is 36.5 Å². The van der Waals surface area contributed by atoms with Crippen molar-refractivity contribution < 1.29 is 0 Å². The van der Waals surface area contributed by atoms with Crippen LogP contribution in [-0.4, -0.2) is 26.3 Å². The maximum absolute atomic E-state index is 4.48. The molecule has 0 atom stereocenters. The van der Waals surface area contributed by atoms with Crippen LogP contribution in [0.2, 0.25) is 0 Å². The van der Waals surface area contributed by atoms with Gasteiger partial charge in [-0.2, -0.15) is 5.10 Å². The van der Waals surface area contributed by atoms with Crippen LogP contribution in [0.15, 0.2) is 12.5 Å². The molecule has 0 fully saturated rings. The van der Waals surface area contributed by atoms with Crippen molar-refractivity contribution in [2.45, 2.75) is 39.2 Å². The maximum Gasteiger partial charge on any atom is 0.151 e. The first kappa shape index (κ1) is 14.1. The van der Waals surface area contributed by atoms with Crippen molar-refractivity contribution in [1.29, 1.82) is 0 Å². The minimum Gasteiger partial charge on any atom is -0.311 e. The van der Waals surface area contributed by atoms with Gasteiger partial charge in [0.25, 0.3) is 0 Å². The van der Waals surface area contributed by atoms with E-state index in [9.17, 15) is 0 Å². The Balaban J connectivity index is 1.75. The van der Waals surface area contributed by atoms with Crippen molar-refractivity contribution in [3.05, 3.63) is 28.2 Å².